The van der Waals surface area contributed by atoms with E-state index >= 15 is 0 Å². The number of likely N-dealkylation sites (N-methyl/N-ethyl adjacent to an activating group) is 2. The first kappa shape index (κ1) is 46.2. The average Bonchev–Trinajstić information content (AvgIpc) is 3.56. The summed E-state index contributed by atoms with van der Waals surface area (Å²) < 4.78 is 36.2. The highest BCUT2D eigenvalue weighted by atomic mass is 16.5. The first-order chi connectivity index (χ1) is 31.2. The molecule has 0 aromatic heterocycles. The summed E-state index contributed by atoms with van der Waals surface area (Å²) in [7, 11) is 11.1. The molecule has 4 aromatic carbocycles. The molecule has 4 aromatic rings. The molecule has 0 N–H and O–H groups in total. The van der Waals surface area contributed by atoms with Gasteiger partial charge in [-0.2, -0.15) is 0 Å². The summed E-state index contributed by atoms with van der Waals surface area (Å²) >= 11 is 0. The van der Waals surface area contributed by atoms with Crippen molar-refractivity contribution in [2.45, 2.75) is 82.7 Å². The van der Waals surface area contributed by atoms with Crippen LogP contribution >= 0.6 is 0 Å². The van der Waals surface area contributed by atoms with Crippen LogP contribution in [0.3, 0.4) is 0 Å². The van der Waals surface area contributed by atoms with Crippen LogP contribution in [0, 0.1) is 0 Å². The Bertz CT molecular complexity index is 2250. The van der Waals surface area contributed by atoms with Gasteiger partial charge in [-0.3, -0.25) is 19.4 Å². The Kier molecular flexibility index (Phi) is 16.0. The molecule has 3 aliphatic rings. The average molecular weight is 872 g/mol. The summed E-state index contributed by atoms with van der Waals surface area (Å²) in [5.74, 6) is 4.72. The number of unbranched alkanes of at least 4 members (excludes halogenated alkanes) is 4. The van der Waals surface area contributed by atoms with E-state index in [1.54, 1.807) is 52.7 Å². The summed E-state index contributed by atoms with van der Waals surface area (Å²) in [4.78, 5) is 31.7. The third-order valence-electron chi connectivity index (χ3n) is 12.9. The van der Waals surface area contributed by atoms with Crippen molar-refractivity contribution in [3.63, 3.8) is 0 Å². The fourth-order valence-electron chi connectivity index (χ4n) is 9.17. The lowest BCUT2D eigenvalue weighted by atomic mass is 9.89. The minimum atomic E-state index is -0.188. The van der Waals surface area contributed by atoms with Gasteiger partial charge in [-0.15, -0.1) is 0 Å². The SMILES string of the molecule is CO/C1=C(OC)/C(OC)=C\CCCN(C)C(Cc2ccc(OCCCCCCCN3C(=O)c4ccccc4C3=O)c(Oc3ccc(CC4c5ccc(OC)cc5CCN4C)cc3)c2)C1. The van der Waals surface area contributed by atoms with Gasteiger partial charge in [0.15, 0.2) is 23.0 Å². The summed E-state index contributed by atoms with van der Waals surface area (Å²) in [6, 6.07) is 28.7. The monoisotopic (exact) mass is 871 g/mol. The van der Waals surface area contributed by atoms with E-state index < -0.39 is 0 Å². The predicted molar refractivity (Wildman–Crippen MR) is 249 cm³/mol. The molecule has 7 rings (SSSR count). The van der Waals surface area contributed by atoms with Crippen molar-refractivity contribution < 1.29 is 38.0 Å². The van der Waals surface area contributed by atoms with E-state index in [0.717, 1.165) is 100 Å². The van der Waals surface area contributed by atoms with Crippen LogP contribution in [0.1, 0.15) is 100 Å². The fourth-order valence-corrected chi connectivity index (χ4v) is 9.17. The zero-order valence-corrected chi connectivity index (χ0v) is 38.5. The Hall–Kier alpha value is -5.78. The number of hydrogen-bond acceptors (Lipinski definition) is 10. The number of fused-ring (bicyclic) bond motifs is 2. The van der Waals surface area contributed by atoms with Gasteiger partial charge in [-0.1, -0.05) is 55.7 Å². The van der Waals surface area contributed by atoms with E-state index in [0.29, 0.717) is 53.7 Å². The van der Waals surface area contributed by atoms with E-state index in [2.05, 4.69) is 84.6 Å². The van der Waals surface area contributed by atoms with Crippen LogP contribution in [-0.2, 0) is 33.5 Å². The molecule has 0 saturated carbocycles. The Labute approximate surface area is 379 Å². The van der Waals surface area contributed by atoms with Gasteiger partial charge in [0.1, 0.15) is 17.3 Å². The van der Waals surface area contributed by atoms with Crippen molar-refractivity contribution in [1.82, 2.24) is 14.7 Å². The maximum atomic E-state index is 12.8. The van der Waals surface area contributed by atoms with E-state index in [4.69, 9.17) is 28.4 Å². The van der Waals surface area contributed by atoms with E-state index in [9.17, 15) is 9.59 Å². The molecular weight excluding hydrogens is 807 g/mol. The van der Waals surface area contributed by atoms with Crippen LogP contribution in [0.4, 0.5) is 0 Å². The first-order valence-corrected chi connectivity index (χ1v) is 22.8. The number of carbonyl (C=O) groups is 2. The molecule has 0 fully saturated rings. The van der Waals surface area contributed by atoms with Crippen LogP contribution in [0.25, 0.3) is 0 Å². The highest BCUT2D eigenvalue weighted by Gasteiger charge is 2.34. The third-order valence-corrected chi connectivity index (χ3v) is 12.9. The number of nitrogens with zero attached hydrogens (tertiary/aromatic N) is 3. The second kappa shape index (κ2) is 22.2. The van der Waals surface area contributed by atoms with Gasteiger partial charge in [0.25, 0.3) is 11.8 Å². The lowest BCUT2D eigenvalue weighted by Gasteiger charge is -2.35. The highest BCUT2D eigenvalue weighted by Crippen LogP contribution is 2.37. The van der Waals surface area contributed by atoms with Gasteiger partial charge >= 0.3 is 0 Å². The maximum absolute atomic E-state index is 12.8. The topological polar surface area (TPSA) is 99.2 Å². The normalized spacial score (nSPS) is 20.2. The summed E-state index contributed by atoms with van der Waals surface area (Å²) in [5.41, 5.74) is 6.09. The van der Waals surface area contributed by atoms with Gasteiger partial charge in [-0.25, -0.2) is 0 Å². The standard InChI is InChI=1S/C53H65N3O8/c1-54-28-14-12-18-48(60-4)51(62-6)50(61-5)36-40(54)32-38-21-26-47(63-31-15-9-7-8-13-29-56-52(57)44-16-10-11-17-45(44)53(56)58)49(34-38)64-41-22-19-37(20-23-41)33-46-43-25-24-42(59-3)35-39(43)27-30-55(46)2/h10-11,16-26,34-35,40,46H,7-9,12-15,27-33,36H2,1-6H3/b48-18+,51-50-. The first-order valence-electron chi connectivity index (χ1n) is 22.8. The molecule has 0 spiro atoms. The van der Waals surface area contributed by atoms with Crippen LogP contribution in [0.15, 0.2) is 108 Å². The van der Waals surface area contributed by atoms with Crippen LogP contribution in [-0.4, -0.2) is 101 Å². The molecule has 0 radical (unpaired) electrons. The summed E-state index contributed by atoms with van der Waals surface area (Å²) in [6.07, 6.45) is 11.7. The number of methoxy groups -OCH3 is 4. The largest absolute Gasteiger partial charge is 0.497 e. The predicted octanol–water partition coefficient (Wildman–Crippen LogP) is 9.95. The number of amides is 2. The van der Waals surface area contributed by atoms with Gasteiger partial charge < -0.3 is 33.3 Å². The maximum Gasteiger partial charge on any atom is 0.261 e. The second-order valence-corrected chi connectivity index (χ2v) is 17.1. The molecule has 340 valence electrons. The van der Waals surface area contributed by atoms with Crippen molar-refractivity contribution >= 4 is 11.8 Å². The van der Waals surface area contributed by atoms with Gasteiger partial charge in [-0.05, 0) is 142 Å². The number of allylic oxidation sites excluding steroid dienone is 1. The Morgan fingerprint density at radius 1 is 0.656 bits per heavy atom. The van der Waals surface area contributed by atoms with Crippen molar-refractivity contribution in [2.75, 3.05) is 68.8 Å². The van der Waals surface area contributed by atoms with E-state index in [1.807, 2.05) is 6.07 Å². The van der Waals surface area contributed by atoms with Gasteiger partial charge in [0.2, 0.25) is 0 Å². The number of imide groups is 1. The Morgan fingerprint density at radius 3 is 2.09 bits per heavy atom. The molecule has 2 atom stereocenters. The molecule has 11 heteroatoms. The lowest BCUT2D eigenvalue weighted by molar-refractivity contribution is 0.0651. The van der Waals surface area contributed by atoms with Crippen molar-refractivity contribution in [3.8, 4) is 23.0 Å². The molecule has 0 saturated heterocycles. The summed E-state index contributed by atoms with van der Waals surface area (Å²) in [5, 5.41) is 0. The van der Waals surface area contributed by atoms with Gasteiger partial charge in [0.05, 0.1) is 46.2 Å². The van der Waals surface area contributed by atoms with Crippen molar-refractivity contribution in [1.29, 1.82) is 0 Å². The van der Waals surface area contributed by atoms with E-state index in [-0.39, 0.29) is 23.9 Å². The van der Waals surface area contributed by atoms with Crippen LogP contribution in [0.2, 0.25) is 0 Å². The van der Waals surface area contributed by atoms with Crippen molar-refractivity contribution in [2.24, 2.45) is 0 Å². The number of ether oxygens (including phenoxy) is 6. The molecule has 11 nitrogen and oxygen atoms in total. The molecule has 64 heavy (non-hydrogen) atoms. The smallest absolute Gasteiger partial charge is 0.261 e. The molecule has 0 aliphatic carbocycles. The Balaban J connectivity index is 1.02. The molecule has 2 amide bonds. The van der Waals surface area contributed by atoms with E-state index in [1.165, 1.54) is 21.6 Å². The minimum absolute atomic E-state index is 0.122. The van der Waals surface area contributed by atoms with Gasteiger partial charge in [0, 0.05) is 31.6 Å². The highest BCUT2D eigenvalue weighted by molar-refractivity contribution is 6.21. The number of rotatable bonds is 19. The number of carbonyl (C=O) groups excluding carboxylic acids is 2. The van der Waals surface area contributed by atoms with Crippen LogP contribution < -0.4 is 14.2 Å². The van der Waals surface area contributed by atoms with Crippen molar-refractivity contribution in [3.05, 3.63) is 142 Å². The zero-order chi connectivity index (χ0) is 45.0. The fraction of sp³-hybridized carbons (Fsp3) is 0.434. The molecular formula is C53H65N3O8. The second-order valence-electron chi connectivity index (χ2n) is 17.1. The summed E-state index contributed by atoms with van der Waals surface area (Å²) in [6.45, 7) is 2.91. The number of hydrogen-bond donors (Lipinski definition) is 0. The lowest BCUT2D eigenvalue weighted by Crippen LogP contribution is -2.35. The molecule has 3 heterocycles. The minimum Gasteiger partial charge on any atom is -0.497 e. The Morgan fingerprint density at radius 2 is 1.38 bits per heavy atom. The number of benzene rings is 4. The molecule has 0 bridgehead atoms. The molecule has 2 unspecified atom stereocenters. The quantitative estimate of drug-likeness (QED) is 0.0669. The third kappa shape index (κ3) is 11.1. The molecule has 3 aliphatic heterocycles. The van der Waals surface area contributed by atoms with Crippen LogP contribution in [0.5, 0.6) is 23.0 Å². The zero-order valence-electron chi connectivity index (χ0n) is 38.5.